The second-order valence-corrected chi connectivity index (χ2v) is 9.12. The van der Waals surface area contributed by atoms with Crippen molar-refractivity contribution >= 4 is 15.7 Å². The van der Waals surface area contributed by atoms with Gasteiger partial charge in [0.2, 0.25) is 0 Å². The average Bonchev–Trinajstić information content (AvgIpc) is 2.78. The van der Waals surface area contributed by atoms with E-state index in [9.17, 15) is 8.42 Å². The first-order chi connectivity index (χ1) is 10.2. The summed E-state index contributed by atoms with van der Waals surface area (Å²) in [4.78, 5) is 2.70. The van der Waals surface area contributed by atoms with E-state index in [0.717, 1.165) is 24.1 Å². The van der Waals surface area contributed by atoms with Crippen LogP contribution in [-0.2, 0) is 10.0 Å². The quantitative estimate of drug-likeness (QED) is 0.867. The molecule has 1 N–H and O–H groups in total. The summed E-state index contributed by atoms with van der Waals surface area (Å²) in [6.45, 7) is 8.71. The van der Waals surface area contributed by atoms with Crippen molar-refractivity contribution in [2.75, 3.05) is 0 Å². The summed E-state index contributed by atoms with van der Waals surface area (Å²) < 4.78 is 24.7. The van der Waals surface area contributed by atoms with Crippen LogP contribution < -0.4 is 4.83 Å². The summed E-state index contributed by atoms with van der Waals surface area (Å²) in [6, 6.07) is 6.82. The third kappa shape index (κ3) is 2.18. The molecule has 0 aromatic heterocycles. The number of sulfonamides is 1. The van der Waals surface area contributed by atoms with E-state index in [1.54, 1.807) is 24.3 Å². The highest BCUT2D eigenvalue weighted by Gasteiger charge is 2.60. The molecule has 4 nitrogen and oxygen atoms in total. The molecule has 2 atom stereocenters. The third-order valence-electron chi connectivity index (χ3n) is 6.14. The molecule has 0 amide bonds. The van der Waals surface area contributed by atoms with Crippen molar-refractivity contribution in [3.63, 3.8) is 0 Å². The number of fused-ring (bicyclic) bond motifs is 2. The minimum Gasteiger partial charge on any atom is -0.200 e. The monoisotopic (exact) mass is 320 g/mol. The number of benzene rings is 1. The van der Waals surface area contributed by atoms with Gasteiger partial charge in [-0.1, -0.05) is 38.5 Å². The van der Waals surface area contributed by atoms with Crippen LogP contribution in [-0.4, -0.2) is 14.1 Å². The Morgan fingerprint density at radius 2 is 1.82 bits per heavy atom. The van der Waals surface area contributed by atoms with Gasteiger partial charge in [0.15, 0.2) is 0 Å². The minimum absolute atomic E-state index is 0.00740. The number of hydrogen-bond donors (Lipinski definition) is 1. The molecule has 2 aliphatic carbocycles. The Bertz CT molecular complexity index is 720. The van der Waals surface area contributed by atoms with E-state index in [4.69, 9.17) is 0 Å². The molecule has 2 saturated carbocycles. The third-order valence-corrected chi connectivity index (χ3v) is 7.37. The fraction of sp³-hybridized carbons (Fsp3) is 0.588. The van der Waals surface area contributed by atoms with Crippen LogP contribution in [0.15, 0.2) is 34.3 Å². The van der Waals surface area contributed by atoms with Gasteiger partial charge in [-0.3, -0.25) is 0 Å². The molecular formula is C17H24N2O2S. The molecule has 1 aromatic carbocycles. The van der Waals surface area contributed by atoms with Gasteiger partial charge in [0, 0.05) is 11.1 Å². The highest BCUT2D eigenvalue weighted by Crippen LogP contribution is 2.63. The minimum atomic E-state index is -3.58. The Hall–Kier alpha value is -1.36. The van der Waals surface area contributed by atoms with E-state index in [1.807, 2.05) is 6.92 Å². The van der Waals surface area contributed by atoms with Gasteiger partial charge in [0.1, 0.15) is 0 Å². The lowest BCUT2D eigenvalue weighted by Crippen LogP contribution is -2.34. The molecule has 2 bridgehead atoms. The standard InChI is InChI=1S/C17H24N2O2S/c1-12-5-7-14(8-6-12)22(20,21)19-18-15-11-13-9-10-17(15,4)16(13,2)3/h5-8,13,19H,9-11H2,1-4H3/b18-15+/t13-,17+/m0/s1. The predicted octanol–water partition coefficient (Wildman–Crippen LogP) is 3.48. The first-order valence-corrected chi connectivity index (χ1v) is 9.31. The van der Waals surface area contributed by atoms with Gasteiger partial charge in [0.25, 0.3) is 10.0 Å². The predicted molar refractivity (Wildman–Crippen MR) is 88.2 cm³/mol. The molecule has 120 valence electrons. The van der Waals surface area contributed by atoms with Crippen LogP contribution >= 0.6 is 0 Å². The van der Waals surface area contributed by atoms with Crippen molar-refractivity contribution in [3.05, 3.63) is 29.8 Å². The van der Waals surface area contributed by atoms with Crippen LogP contribution in [0.1, 0.15) is 45.6 Å². The molecule has 2 aliphatic rings. The van der Waals surface area contributed by atoms with Gasteiger partial charge in [-0.2, -0.15) is 13.5 Å². The fourth-order valence-electron chi connectivity index (χ4n) is 3.98. The Morgan fingerprint density at radius 3 is 2.32 bits per heavy atom. The smallest absolute Gasteiger partial charge is 0.200 e. The summed E-state index contributed by atoms with van der Waals surface area (Å²) >= 11 is 0. The molecule has 5 heteroatoms. The van der Waals surface area contributed by atoms with Crippen molar-refractivity contribution in [2.24, 2.45) is 21.8 Å². The lowest BCUT2D eigenvalue weighted by atomic mass is 9.70. The molecule has 0 heterocycles. The maximum absolute atomic E-state index is 12.4. The van der Waals surface area contributed by atoms with E-state index in [2.05, 4.69) is 30.7 Å². The number of rotatable bonds is 3. The second kappa shape index (κ2) is 4.82. The van der Waals surface area contributed by atoms with Crippen molar-refractivity contribution in [1.82, 2.24) is 4.83 Å². The van der Waals surface area contributed by atoms with Crippen molar-refractivity contribution in [1.29, 1.82) is 0 Å². The van der Waals surface area contributed by atoms with E-state index < -0.39 is 10.0 Å². The summed E-state index contributed by atoms with van der Waals surface area (Å²) in [5.74, 6) is 0.611. The molecule has 2 fully saturated rings. The van der Waals surface area contributed by atoms with E-state index in [1.165, 1.54) is 6.42 Å². The second-order valence-electron chi connectivity index (χ2n) is 7.46. The zero-order valence-electron chi connectivity index (χ0n) is 13.7. The maximum atomic E-state index is 12.4. The zero-order valence-corrected chi connectivity index (χ0v) is 14.5. The molecular weight excluding hydrogens is 296 g/mol. The molecule has 1 aromatic rings. The first-order valence-electron chi connectivity index (χ1n) is 7.82. The Kier molecular flexibility index (Phi) is 3.40. The molecule has 0 saturated heterocycles. The van der Waals surface area contributed by atoms with Crippen LogP contribution in [0.2, 0.25) is 0 Å². The lowest BCUT2D eigenvalue weighted by Gasteiger charge is -2.34. The molecule has 0 radical (unpaired) electrons. The topological polar surface area (TPSA) is 58.5 Å². The van der Waals surface area contributed by atoms with Gasteiger partial charge in [-0.15, -0.1) is 0 Å². The van der Waals surface area contributed by atoms with Crippen molar-refractivity contribution in [2.45, 2.75) is 51.9 Å². The fourth-order valence-corrected chi connectivity index (χ4v) is 4.81. The summed E-state index contributed by atoms with van der Waals surface area (Å²) in [7, 11) is -3.58. The Labute approximate surface area is 133 Å². The van der Waals surface area contributed by atoms with Gasteiger partial charge in [-0.25, -0.2) is 4.83 Å². The van der Waals surface area contributed by atoms with Crippen LogP contribution in [0.25, 0.3) is 0 Å². The van der Waals surface area contributed by atoms with Crippen LogP contribution in [0.4, 0.5) is 0 Å². The van der Waals surface area contributed by atoms with E-state index in [-0.39, 0.29) is 15.7 Å². The molecule has 22 heavy (non-hydrogen) atoms. The molecule has 0 aliphatic heterocycles. The van der Waals surface area contributed by atoms with E-state index in [0.29, 0.717) is 5.92 Å². The maximum Gasteiger partial charge on any atom is 0.276 e. The summed E-state index contributed by atoms with van der Waals surface area (Å²) in [5.41, 5.74) is 2.24. The van der Waals surface area contributed by atoms with Gasteiger partial charge >= 0.3 is 0 Å². The largest absolute Gasteiger partial charge is 0.276 e. The lowest BCUT2D eigenvalue weighted by molar-refractivity contribution is 0.193. The van der Waals surface area contributed by atoms with E-state index >= 15 is 0 Å². The van der Waals surface area contributed by atoms with Gasteiger partial charge in [-0.05, 0) is 49.7 Å². The Balaban J connectivity index is 1.85. The molecule has 0 unspecified atom stereocenters. The summed E-state index contributed by atoms with van der Waals surface area (Å²) in [5, 5.41) is 4.32. The van der Waals surface area contributed by atoms with Gasteiger partial charge in [0.05, 0.1) is 4.90 Å². The first kappa shape index (κ1) is 15.5. The SMILES string of the molecule is Cc1ccc(S(=O)(=O)N/N=C2\C[C@@H]3CC[C@@]2(C)C3(C)C)cc1. The summed E-state index contributed by atoms with van der Waals surface area (Å²) in [6.07, 6.45) is 3.21. The van der Waals surface area contributed by atoms with Crippen molar-refractivity contribution < 1.29 is 8.42 Å². The van der Waals surface area contributed by atoms with Crippen LogP contribution in [0.3, 0.4) is 0 Å². The Morgan fingerprint density at radius 1 is 1.18 bits per heavy atom. The number of aryl methyl sites for hydroxylation is 1. The van der Waals surface area contributed by atoms with Crippen LogP contribution in [0.5, 0.6) is 0 Å². The average molecular weight is 320 g/mol. The zero-order chi connectivity index (χ0) is 16.2. The van der Waals surface area contributed by atoms with Crippen LogP contribution in [0, 0.1) is 23.7 Å². The number of nitrogens with zero attached hydrogens (tertiary/aromatic N) is 1. The molecule has 3 rings (SSSR count). The van der Waals surface area contributed by atoms with Crippen molar-refractivity contribution in [3.8, 4) is 0 Å². The number of hydrazone groups is 1. The number of hydrogen-bond acceptors (Lipinski definition) is 3. The highest BCUT2D eigenvalue weighted by atomic mass is 32.2. The normalized spacial score (nSPS) is 31.6. The molecule has 0 spiro atoms. The highest BCUT2D eigenvalue weighted by molar-refractivity contribution is 7.89. The number of nitrogens with one attached hydrogen (secondary N) is 1. The van der Waals surface area contributed by atoms with Gasteiger partial charge < -0.3 is 0 Å².